The van der Waals surface area contributed by atoms with Crippen molar-refractivity contribution in [2.24, 2.45) is 11.7 Å². The number of hydrogen-bond donors (Lipinski definition) is 3. The van der Waals surface area contributed by atoms with Gasteiger partial charge < -0.3 is 16.0 Å². The fourth-order valence-electron chi connectivity index (χ4n) is 2.68. The van der Waals surface area contributed by atoms with Gasteiger partial charge in [0.2, 0.25) is 5.91 Å². The molecule has 2 amide bonds. The Kier molecular flexibility index (Phi) is 5.20. The zero-order chi connectivity index (χ0) is 15.4. The highest BCUT2D eigenvalue weighted by Crippen LogP contribution is 2.13. The van der Waals surface area contributed by atoms with E-state index in [1.165, 1.54) is 4.90 Å². The van der Waals surface area contributed by atoms with E-state index >= 15 is 0 Å². The Balaban J connectivity index is 1.88. The Labute approximate surface area is 129 Å². The highest BCUT2D eigenvalue weighted by Gasteiger charge is 2.31. The molecule has 21 heavy (non-hydrogen) atoms. The zero-order valence-electron chi connectivity index (χ0n) is 12.1. The molecule has 2 rings (SSSR count). The van der Waals surface area contributed by atoms with E-state index in [1.54, 1.807) is 24.3 Å². The minimum Gasteiger partial charge on any atom is -0.369 e. The van der Waals surface area contributed by atoms with Gasteiger partial charge >= 0.3 is 0 Å². The topological polar surface area (TPSA) is 76.6 Å². The maximum absolute atomic E-state index is 12.3. The van der Waals surface area contributed by atoms with Crippen LogP contribution < -0.4 is 16.0 Å². The second-order valence-corrected chi connectivity index (χ2v) is 5.99. The van der Waals surface area contributed by atoms with Crippen molar-refractivity contribution >= 4 is 29.1 Å². The number of hydrogen-bond acceptors (Lipinski definition) is 2. The number of nitrogens with one attached hydrogen (secondary N) is 2. The van der Waals surface area contributed by atoms with Gasteiger partial charge in [0.1, 0.15) is 0 Å². The van der Waals surface area contributed by atoms with Crippen molar-refractivity contribution in [1.82, 2.24) is 0 Å². The molecular formula is C15H21ClN3O2+. The molecule has 1 aliphatic heterocycles. The van der Waals surface area contributed by atoms with Crippen LogP contribution in [0.1, 0.15) is 19.8 Å². The Morgan fingerprint density at radius 2 is 1.86 bits per heavy atom. The normalized spacial score (nSPS) is 23.3. The van der Waals surface area contributed by atoms with Crippen LogP contribution in [-0.2, 0) is 9.59 Å². The third kappa shape index (κ3) is 4.19. The van der Waals surface area contributed by atoms with Gasteiger partial charge in [0.05, 0.1) is 13.1 Å². The number of piperidine rings is 1. The number of benzene rings is 1. The number of halogens is 1. The van der Waals surface area contributed by atoms with Crippen molar-refractivity contribution in [3.63, 3.8) is 0 Å². The number of likely N-dealkylation sites (tertiary alicyclic amines) is 1. The molecule has 0 bridgehead atoms. The molecule has 1 aliphatic rings. The molecule has 114 valence electrons. The number of anilines is 1. The summed E-state index contributed by atoms with van der Waals surface area (Å²) in [4.78, 5) is 24.6. The first-order valence-corrected chi connectivity index (χ1v) is 7.55. The first-order chi connectivity index (χ1) is 9.97. The maximum Gasteiger partial charge on any atom is 0.282 e. The van der Waals surface area contributed by atoms with Gasteiger partial charge in [0.15, 0.2) is 6.04 Å². The lowest BCUT2D eigenvalue weighted by Gasteiger charge is -2.31. The quantitative estimate of drug-likeness (QED) is 0.755. The summed E-state index contributed by atoms with van der Waals surface area (Å²) >= 11 is 5.82. The monoisotopic (exact) mass is 310 g/mol. The van der Waals surface area contributed by atoms with Crippen molar-refractivity contribution in [2.75, 3.05) is 18.4 Å². The molecule has 0 aliphatic carbocycles. The molecule has 0 unspecified atom stereocenters. The van der Waals surface area contributed by atoms with E-state index < -0.39 is 0 Å². The summed E-state index contributed by atoms with van der Waals surface area (Å²) < 4.78 is 0. The predicted octanol–water partition coefficient (Wildman–Crippen LogP) is 0.447. The molecule has 1 fully saturated rings. The van der Waals surface area contributed by atoms with Gasteiger partial charge in [0.25, 0.3) is 5.91 Å². The van der Waals surface area contributed by atoms with Crippen molar-refractivity contribution in [3.05, 3.63) is 29.3 Å². The summed E-state index contributed by atoms with van der Waals surface area (Å²) in [7, 11) is 0. The number of primary amides is 1. The fourth-order valence-corrected chi connectivity index (χ4v) is 2.80. The van der Waals surface area contributed by atoms with Gasteiger partial charge in [0, 0.05) is 29.5 Å². The first kappa shape index (κ1) is 15.8. The van der Waals surface area contributed by atoms with E-state index in [9.17, 15) is 9.59 Å². The van der Waals surface area contributed by atoms with E-state index in [-0.39, 0.29) is 23.8 Å². The molecule has 4 N–H and O–H groups in total. The molecule has 0 radical (unpaired) electrons. The molecule has 1 saturated heterocycles. The minimum atomic E-state index is -0.229. The van der Waals surface area contributed by atoms with E-state index in [2.05, 4.69) is 5.32 Å². The molecule has 0 saturated carbocycles. The van der Waals surface area contributed by atoms with Crippen LogP contribution >= 0.6 is 11.6 Å². The standard InChI is InChI=1S/C15H20ClN3O2/c1-10(19-8-6-11(7-9-19)14(17)20)15(21)18-13-4-2-12(16)3-5-13/h2-5,10-11H,6-9H2,1H3,(H2,17,20)(H,18,21)/p+1/t10-/m0/s1. The van der Waals surface area contributed by atoms with Crippen molar-refractivity contribution in [3.8, 4) is 0 Å². The van der Waals surface area contributed by atoms with Crippen LogP contribution in [0.15, 0.2) is 24.3 Å². The smallest absolute Gasteiger partial charge is 0.282 e. The molecule has 0 spiro atoms. The van der Waals surface area contributed by atoms with E-state index in [0.29, 0.717) is 5.02 Å². The molecule has 6 heteroatoms. The number of carbonyl (C=O) groups is 2. The first-order valence-electron chi connectivity index (χ1n) is 7.17. The summed E-state index contributed by atoms with van der Waals surface area (Å²) in [5.41, 5.74) is 6.06. The van der Waals surface area contributed by atoms with Crippen LogP contribution in [0.3, 0.4) is 0 Å². The molecule has 1 heterocycles. The van der Waals surface area contributed by atoms with Gasteiger partial charge in [-0.2, -0.15) is 0 Å². The van der Waals surface area contributed by atoms with Crippen LogP contribution in [0.25, 0.3) is 0 Å². The highest BCUT2D eigenvalue weighted by atomic mass is 35.5. The Bertz CT molecular complexity index is 510. The number of rotatable bonds is 4. The lowest BCUT2D eigenvalue weighted by molar-refractivity contribution is -0.919. The lowest BCUT2D eigenvalue weighted by atomic mass is 9.95. The minimum absolute atomic E-state index is 0.0233. The predicted molar refractivity (Wildman–Crippen MR) is 82.2 cm³/mol. The molecule has 1 atom stereocenters. The van der Waals surface area contributed by atoms with Crippen molar-refractivity contribution < 1.29 is 14.5 Å². The molecule has 5 nitrogen and oxygen atoms in total. The number of nitrogens with two attached hydrogens (primary N) is 1. The van der Waals surface area contributed by atoms with Gasteiger partial charge in [-0.05, 0) is 31.2 Å². The average Bonchev–Trinajstić information content (AvgIpc) is 2.49. The van der Waals surface area contributed by atoms with Crippen LogP contribution in [0.4, 0.5) is 5.69 Å². The van der Waals surface area contributed by atoms with Crippen LogP contribution in [0, 0.1) is 5.92 Å². The Morgan fingerprint density at radius 1 is 1.29 bits per heavy atom. The third-order valence-electron chi connectivity index (χ3n) is 4.15. The molecular weight excluding hydrogens is 290 g/mol. The van der Waals surface area contributed by atoms with Gasteiger partial charge in [-0.25, -0.2) is 0 Å². The van der Waals surface area contributed by atoms with Gasteiger partial charge in [-0.1, -0.05) is 11.6 Å². The third-order valence-corrected chi connectivity index (χ3v) is 4.40. The largest absolute Gasteiger partial charge is 0.369 e. The summed E-state index contributed by atoms with van der Waals surface area (Å²) in [6, 6.07) is 6.89. The Morgan fingerprint density at radius 3 is 2.38 bits per heavy atom. The van der Waals surface area contributed by atoms with Crippen molar-refractivity contribution in [2.45, 2.75) is 25.8 Å². The zero-order valence-corrected chi connectivity index (χ0v) is 12.8. The number of carbonyl (C=O) groups excluding carboxylic acids is 2. The fraction of sp³-hybridized carbons (Fsp3) is 0.467. The number of quaternary nitrogens is 1. The molecule has 1 aromatic rings. The summed E-state index contributed by atoms with van der Waals surface area (Å²) in [5, 5.41) is 3.53. The highest BCUT2D eigenvalue weighted by molar-refractivity contribution is 6.30. The van der Waals surface area contributed by atoms with Crippen LogP contribution in [0.5, 0.6) is 0 Å². The van der Waals surface area contributed by atoms with Crippen LogP contribution in [-0.4, -0.2) is 30.9 Å². The summed E-state index contributed by atoms with van der Waals surface area (Å²) in [5.74, 6) is -0.294. The maximum atomic E-state index is 12.3. The molecule has 1 aromatic carbocycles. The second kappa shape index (κ2) is 6.91. The SMILES string of the molecule is C[C@@H](C(=O)Nc1ccc(Cl)cc1)[NH+]1CCC(C(N)=O)CC1. The average molecular weight is 311 g/mol. The van der Waals surface area contributed by atoms with Gasteiger partial charge in [-0.15, -0.1) is 0 Å². The summed E-state index contributed by atoms with van der Waals surface area (Å²) in [6.07, 6.45) is 1.51. The van der Waals surface area contributed by atoms with E-state index in [4.69, 9.17) is 17.3 Å². The second-order valence-electron chi connectivity index (χ2n) is 5.55. The Hall–Kier alpha value is -1.59. The van der Waals surface area contributed by atoms with E-state index in [0.717, 1.165) is 31.6 Å². The van der Waals surface area contributed by atoms with Crippen molar-refractivity contribution in [1.29, 1.82) is 0 Å². The lowest BCUT2D eigenvalue weighted by Crippen LogP contribution is -3.17. The van der Waals surface area contributed by atoms with E-state index in [1.807, 2.05) is 6.92 Å². The van der Waals surface area contributed by atoms with Crippen LogP contribution in [0.2, 0.25) is 5.02 Å². The number of amides is 2. The van der Waals surface area contributed by atoms with Gasteiger partial charge in [-0.3, -0.25) is 9.59 Å². The molecule has 0 aromatic heterocycles. The summed E-state index contributed by atoms with van der Waals surface area (Å²) in [6.45, 7) is 3.50.